The van der Waals surface area contributed by atoms with Gasteiger partial charge in [-0.15, -0.1) is 0 Å². The summed E-state index contributed by atoms with van der Waals surface area (Å²) >= 11 is 3.63. The molecule has 1 aromatic carbocycles. The highest BCUT2D eigenvalue weighted by atomic mass is 79.9. The molecule has 0 amide bonds. The Morgan fingerprint density at radius 3 is 2.75 bits per heavy atom. The Bertz CT molecular complexity index is 465. The van der Waals surface area contributed by atoms with Crippen LogP contribution in [0.4, 0.5) is 0 Å². The molecule has 0 fully saturated rings. The van der Waals surface area contributed by atoms with Gasteiger partial charge in [-0.1, -0.05) is 43.6 Å². The predicted octanol–water partition coefficient (Wildman–Crippen LogP) is 4.34. The highest BCUT2D eigenvalue weighted by molar-refractivity contribution is 9.10. The molecule has 0 bridgehead atoms. The molecule has 0 aromatic heterocycles. The van der Waals surface area contributed by atoms with Crippen LogP contribution in [0.2, 0.25) is 0 Å². The molecule has 3 heteroatoms. The average Bonchev–Trinajstić information content (AvgIpc) is 2.74. The summed E-state index contributed by atoms with van der Waals surface area (Å²) in [5.74, 6) is 1.13. The average molecular weight is 340 g/mol. The number of benzene rings is 1. The fourth-order valence-corrected chi connectivity index (χ4v) is 3.56. The summed E-state index contributed by atoms with van der Waals surface area (Å²) in [5.41, 5.74) is 3.02. The first-order valence-corrected chi connectivity index (χ1v) is 8.36. The zero-order valence-corrected chi connectivity index (χ0v) is 14.6. The minimum atomic E-state index is 0.336. The fourth-order valence-electron chi connectivity index (χ4n) is 3.01. The molecule has 112 valence electrons. The van der Waals surface area contributed by atoms with Crippen molar-refractivity contribution in [3.63, 3.8) is 0 Å². The zero-order chi connectivity index (χ0) is 14.8. The normalized spacial score (nSPS) is 15.8. The SMILES string of the molecule is CCNC(Cc1cc(Br)cc2c1OCC2)CC(C)(C)C. The minimum Gasteiger partial charge on any atom is -0.493 e. The molecule has 2 nitrogen and oxygen atoms in total. The molecule has 20 heavy (non-hydrogen) atoms. The molecule has 0 saturated carbocycles. The molecule has 0 aliphatic carbocycles. The summed E-state index contributed by atoms with van der Waals surface area (Å²) in [6, 6.07) is 4.91. The Morgan fingerprint density at radius 1 is 1.35 bits per heavy atom. The van der Waals surface area contributed by atoms with Crippen molar-refractivity contribution in [2.75, 3.05) is 13.2 Å². The molecule has 0 saturated heterocycles. The number of nitrogens with one attached hydrogen (secondary N) is 1. The van der Waals surface area contributed by atoms with Gasteiger partial charge in [0, 0.05) is 16.9 Å². The lowest BCUT2D eigenvalue weighted by Crippen LogP contribution is -2.34. The molecular formula is C17H26BrNO. The van der Waals surface area contributed by atoms with E-state index >= 15 is 0 Å². The van der Waals surface area contributed by atoms with Crippen LogP contribution in [-0.2, 0) is 12.8 Å². The van der Waals surface area contributed by atoms with E-state index in [0.717, 1.165) is 31.7 Å². The van der Waals surface area contributed by atoms with Gasteiger partial charge in [-0.2, -0.15) is 0 Å². The second-order valence-electron chi connectivity index (χ2n) is 6.88. The van der Waals surface area contributed by atoms with Crippen LogP contribution in [0.25, 0.3) is 0 Å². The van der Waals surface area contributed by atoms with Gasteiger partial charge in [0.25, 0.3) is 0 Å². The molecule has 2 rings (SSSR count). The summed E-state index contributed by atoms with van der Waals surface area (Å²) in [4.78, 5) is 0. The van der Waals surface area contributed by atoms with Gasteiger partial charge in [0.05, 0.1) is 6.61 Å². The van der Waals surface area contributed by atoms with Crippen LogP contribution < -0.4 is 10.1 Å². The third-order valence-corrected chi connectivity index (χ3v) is 4.10. The van der Waals surface area contributed by atoms with E-state index in [0.29, 0.717) is 11.5 Å². The van der Waals surface area contributed by atoms with Crippen molar-refractivity contribution in [1.82, 2.24) is 5.32 Å². The van der Waals surface area contributed by atoms with Gasteiger partial charge in [-0.05, 0) is 48.1 Å². The Labute approximate surface area is 131 Å². The second-order valence-corrected chi connectivity index (χ2v) is 7.79. The van der Waals surface area contributed by atoms with Crippen LogP contribution in [0.1, 0.15) is 45.2 Å². The van der Waals surface area contributed by atoms with Gasteiger partial charge in [-0.25, -0.2) is 0 Å². The van der Waals surface area contributed by atoms with E-state index in [-0.39, 0.29) is 0 Å². The van der Waals surface area contributed by atoms with Crippen molar-refractivity contribution in [2.45, 2.75) is 53.0 Å². The Kier molecular flexibility index (Phi) is 5.14. The van der Waals surface area contributed by atoms with Gasteiger partial charge in [-0.3, -0.25) is 0 Å². The molecular weight excluding hydrogens is 314 g/mol. The monoisotopic (exact) mass is 339 g/mol. The van der Waals surface area contributed by atoms with Crippen molar-refractivity contribution in [3.8, 4) is 5.75 Å². The van der Waals surface area contributed by atoms with Crippen LogP contribution in [0.15, 0.2) is 16.6 Å². The molecule has 1 N–H and O–H groups in total. The third-order valence-electron chi connectivity index (χ3n) is 3.64. The predicted molar refractivity (Wildman–Crippen MR) is 88.6 cm³/mol. The van der Waals surface area contributed by atoms with Gasteiger partial charge in [0.15, 0.2) is 0 Å². The molecule has 1 heterocycles. The van der Waals surface area contributed by atoms with E-state index in [1.165, 1.54) is 22.0 Å². The van der Waals surface area contributed by atoms with E-state index in [4.69, 9.17) is 4.74 Å². The van der Waals surface area contributed by atoms with Gasteiger partial charge >= 0.3 is 0 Å². The van der Waals surface area contributed by atoms with Crippen LogP contribution in [0.3, 0.4) is 0 Å². The molecule has 1 unspecified atom stereocenters. The number of ether oxygens (including phenoxy) is 1. The smallest absolute Gasteiger partial charge is 0.125 e. The maximum Gasteiger partial charge on any atom is 0.125 e. The maximum atomic E-state index is 5.85. The topological polar surface area (TPSA) is 21.3 Å². The summed E-state index contributed by atoms with van der Waals surface area (Å²) < 4.78 is 7.01. The zero-order valence-electron chi connectivity index (χ0n) is 13.1. The highest BCUT2D eigenvalue weighted by Gasteiger charge is 2.23. The largest absolute Gasteiger partial charge is 0.493 e. The van der Waals surface area contributed by atoms with Crippen molar-refractivity contribution in [1.29, 1.82) is 0 Å². The Balaban J connectivity index is 2.18. The van der Waals surface area contributed by atoms with E-state index in [1.807, 2.05) is 0 Å². The first kappa shape index (κ1) is 15.8. The number of fused-ring (bicyclic) bond motifs is 1. The number of halogens is 1. The summed E-state index contributed by atoms with van der Waals surface area (Å²) in [5, 5.41) is 3.63. The van der Waals surface area contributed by atoms with Crippen LogP contribution in [-0.4, -0.2) is 19.2 Å². The lowest BCUT2D eigenvalue weighted by Gasteiger charge is -2.27. The molecule has 1 atom stereocenters. The van der Waals surface area contributed by atoms with Crippen LogP contribution in [0.5, 0.6) is 5.75 Å². The summed E-state index contributed by atoms with van der Waals surface area (Å²) in [6.07, 6.45) is 3.24. The fraction of sp³-hybridized carbons (Fsp3) is 0.647. The second kappa shape index (κ2) is 6.48. The van der Waals surface area contributed by atoms with Crippen LogP contribution >= 0.6 is 15.9 Å². The van der Waals surface area contributed by atoms with Gasteiger partial charge in [0.1, 0.15) is 5.75 Å². The molecule has 1 aromatic rings. The van der Waals surface area contributed by atoms with Crippen molar-refractivity contribution in [3.05, 3.63) is 27.7 Å². The third kappa shape index (κ3) is 4.23. The number of rotatable bonds is 5. The lowest BCUT2D eigenvalue weighted by atomic mass is 9.85. The number of hydrogen-bond acceptors (Lipinski definition) is 2. The van der Waals surface area contributed by atoms with Gasteiger partial charge < -0.3 is 10.1 Å². The van der Waals surface area contributed by atoms with Crippen molar-refractivity contribution < 1.29 is 4.74 Å². The molecule has 0 spiro atoms. The maximum absolute atomic E-state index is 5.85. The van der Waals surface area contributed by atoms with E-state index in [1.54, 1.807) is 0 Å². The Hall–Kier alpha value is -0.540. The first-order valence-electron chi connectivity index (χ1n) is 7.56. The summed E-state index contributed by atoms with van der Waals surface area (Å²) in [7, 11) is 0. The Morgan fingerprint density at radius 2 is 2.10 bits per heavy atom. The minimum absolute atomic E-state index is 0.336. The molecule has 0 radical (unpaired) electrons. The van der Waals surface area contributed by atoms with Gasteiger partial charge in [0.2, 0.25) is 0 Å². The van der Waals surface area contributed by atoms with E-state index in [2.05, 4.69) is 61.1 Å². The molecule has 1 aliphatic rings. The first-order chi connectivity index (χ1) is 9.39. The number of likely N-dealkylation sites (N-methyl/N-ethyl adjacent to an activating group) is 1. The highest BCUT2D eigenvalue weighted by Crippen LogP contribution is 2.34. The standard InChI is InChI=1S/C17H26BrNO/c1-5-19-15(11-17(2,3)4)10-13-9-14(18)8-12-6-7-20-16(12)13/h8-9,15,19H,5-7,10-11H2,1-4H3. The molecule has 1 aliphatic heterocycles. The van der Waals surface area contributed by atoms with Crippen molar-refractivity contribution >= 4 is 15.9 Å². The van der Waals surface area contributed by atoms with E-state index in [9.17, 15) is 0 Å². The van der Waals surface area contributed by atoms with E-state index < -0.39 is 0 Å². The van der Waals surface area contributed by atoms with Crippen LogP contribution in [0, 0.1) is 5.41 Å². The summed E-state index contributed by atoms with van der Waals surface area (Å²) in [6.45, 7) is 10.9. The van der Waals surface area contributed by atoms with Crippen molar-refractivity contribution in [2.24, 2.45) is 5.41 Å². The quantitative estimate of drug-likeness (QED) is 0.861. The number of hydrogen-bond donors (Lipinski definition) is 1. The lowest BCUT2D eigenvalue weighted by molar-refractivity contribution is 0.305.